The van der Waals surface area contributed by atoms with Gasteiger partial charge in [-0.05, 0) is 36.1 Å². The summed E-state index contributed by atoms with van der Waals surface area (Å²) in [5, 5.41) is 1.82. The van der Waals surface area contributed by atoms with E-state index in [9.17, 15) is 0 Å². The minimum absolute atomic E-state index is 0.205. The Morgan fingerprint density at radius 1 is 1.00 bits per heavy atom. The first-order valence-corrected chi connectivity index (χ1v) is 7.07. The predicted molar refractivity (Wildman–Crippen MR) is 83.3 cm³/mol. The first-order valence-electron chi connectivity index (χ1n) is 5.94. The second-order valence-corrected chi connectivity index (χ2v) is 5.66. The minimum atomic E-state index is -0.205. The standard InChI is InChI=1S/C15H14Cl3N/c1-9-4-2-6-11(14(9)17)13(19)8-10-5-3-7-12(16)15(10)18/h2-7,13H,8,19H2,1H3. The first-order chi connectivity index (χ1) is 9.00. The van der Waals surface area contributed by atoms with E-state index in [1.54, 1.807) is 6.07 Å². The zero-order valence-corrected chi connectivity index (χ0v) is 12.7. The molecular weight excluding hydrogens is 301 g/mol. The van der Waals surface area contributed by atoms with Gasteiger partial charge < -0.3 is 5.73 Å². The summed E-state index contributed by atoms with van der Waals surface area (Å²) in [5.41, 5.74) is 9.11. The fourth-order valence-electron chi connectivity index (χ4n) is 2.01. The van der Waals surface area contributed by atoms with Crippen LogP contribution in [0.4, 0.5) is 0 Å². The van der Waals surface area contributed by atoms with Gasteiger partial charge in [0.2, 0.25) is 0 Å². The van der Waals surface area contributed by atoms with E-state index in [4.69, 9.17) is 40.5 Å². The van der Waals surface area contributed by atoms with Gasteiger partial charge in [0.1, 0.15) is 0 Å². The molecule has 0 heterocycles. The van der Waals surface area contributed by atoms with Crippen molar-refractivity contribution in [2.24, 2.45) is 5.73 Å². The molecule has 2 N–H and O–H groups in total. The molecule has 0 amide bonds. The third-order valence-electron chi connectivity index (χ3n) is 3.09. The van der Waals surface area contributed by atoms with Crippen molar-refractivity contribution in [1.29, 1.82) is 0 Å². The molecule has 0 aliphatic carbocycles. The van der Waals surface area contributed by atoms with Crippen molar-refractivity contribution >= 4 is 34.8 Å². The molecular formula is C15H14Cl3N. The maximum Gasteiger partial charge on any atom is 0.0624 e. The van der Waals surface area contributed by atoms with Gasteiger partial charge in [0, 0.05) is 11.1 Å². The Bertz CT molecular complexity index is 596. The topological polar surface area (TPSA) is 26.0 Å². The van der Waals surface area contributed by atoms with E-state index in [2.05, 4.69) is 0 Å². The van der Waals surface area contributed by atoms with Crippen molar-refractivity contribution in [3.8, 4) is 0 Å². The Morgan fingerprint density at radius 2 is 1.68 bits per heavy atom. The third kappa shape index (κ3) is 3.24. The molecule has 2 aromatic carbocycles. The van der Waals surface area contributed by atoms with Crippen molar-refractivity contribution < 1.29 is 0 Å². The van der Waals surface area contributed by atoms with Gasteiger partial charge in [-0.3, -0.25) is 0 Å². The molecule has 2 aromatic rings. The van der Waals surface area contributed by atoms with Crippen molar-refractivity contribution in [3.05, 3.63) is 68.2 Å². The van der Waals surface area contributed by atoms with Crippen molar-refractivity contribution in [1.82, 2.24) is 0 Å². The summed E-state index contributed by atoms with van der Waals surface area (Å²) in [6, 6.07) is 11.2. The van der Waals surface area contributed by atoms with Crippen LogP contribution in [-0.2, 0) is 6.42 Å². The number of halogens is 3. The van der Waals surface area contributed by atoms with Crippen LogP contribution in [0, 0.1) is 6.92 Å². The lowest BCUT2D eigenvalue weighted by Gasteiger charge is -2.16. The highest BCUT2D eigenvalue weighted by Crippen LogP contribution is 2.31. The summed E-state index contributed by atoms with van der Waals surface area (Å²) in [7, 11) is 0. The van der Waals surface area contributed by atoms with Gasteiger partial charge in [-0.2, -0.15) is 0 Å². The van der Waals surface area contributed by atoms with Crippen molar-refractivity contribution in [2.45, 2.75) is 19.4 Å². The smallest absolute Gasteiger partial charge is 0.0624 e. The maximum atomic E-state index is 6.29. The van der Waals surface area contributed by atoms with E-state index in [0.29, 0.717) is 21.5 Å². The Hall–Kier alpha value is -0.730. The SMILES string of the molecule is Cc1cccc(C(N)Cc2cccc(Cl)c2Cl)c1Cl. The number of rotatable bonds is 3. The van der Waals surface area contributed by atoms with E-state index in [1.165, 1.54) is 0 Å². The molecule has 0 aromatic heterocycles. The average molecular weight is 315 g/mol. The zero-order chi connectivity index (χ0) is 14.0. The summed E-state index contributed by atoms with van der Waals surface area (Å²) in [6.07, 6.45) is 0.600. The third-order valence-corrected chi connectivity index (χ3v) is 4.47. The molecule has 1 nitrogen and oxygen atoms in total. The quantitative estimate of drug-likeness (QED) is 0.828. The van der Waals surface area contributed by atoms with Gasteiger partial charge in [-0.1, -0.05) is 65.1 Å². The van der Waals surface area contributed by atoms with Gasteiger partial charge in [0.05, 0.1) is 10.0 Å². The molecule has 0 fully saturated rings. The van der Waals surface area contributed by atoms with Crippen molar-refractivity contribution in [3.63, 3.8) is 0 Å². The largest absolute Gasteiger partial charge is 0.324 e. The Morgan fingerprint density at radius 3 is 2.42 bits per heavy atom. The van der Waals surface area contributed by atoms with Gasteiger partial charge in [0.15, 0.2) is 0 Å². The lowest BCUT2D eigenvalue weighted by Crippen LogP contribution is -2.14. The highest BCUT2D eigenvalue weighted by atomic mass is 35.5. The molecule has 0 bridgehead atoms. The normalized spacial score (nSPS) is 12.5. The lowest BCUT2D eigenvalue weighted by atomic mass is 9.98. The van der Waals surface area contributed by atoms with E-state index < -0.39 is 0 Å². The van der Waals surface area contributed by atoms with Crippen LogP contribution in [0.1, 0.15) is 22.7 Å². The lowest BCUT2D eigenvalue weighted by molar-refractivity contribution is 0.721. The Labute approximate surface area is 128 Å². The molecule has 0 spiro atoms. The van der Waals surface area contributed by atoms with E-state index in [1.807, 2.05) is 37.3 Å². The fraction of sp³-hybridized carbons (Fsp3) is 0.200. The Kier molecular flexibility index (Phi) is 4.75. The van der Waals surface area contributed by atoms with Crippen LogP contribution < -0.4 is 5.73 Å². The summed E-state index contributed by atoms with van der Waals surface area (Å²) in [5.74, 6) is 0. The number of hydrogen-bond acceptors (Lipinski definition) is 1. The van der Waals surface area contributed by atoms with Gasteiger partial charge in [0.25, 0.3) is 0 Å². The molecule has 0 saturated carbocycles. The van der Waals surface area contributed by atoms with Crippen molar-refractivity contribution in [2.75, 3.05) is 0 Å². The highest BCUT2D eigenvalue weighted by Gasteiger charge is 2.14. The van der Waals surface area contributed by atoms with E-state index >= 15 is 0 Å². The summed E-state index contributed by atoms with van der Waals surface area (Å²) in [4.78, 5) is 0. The molecule has 0 radical (unpaired) electrons. The summed E-state index contributed by atoms with van der Waals surface area (Å²) >= 11 is 18.5. The Balaban J connectivity index is 2.28. The monoisotopic (exact) mass is 313 g/mol. The molecule has 2 rings (SSSR count). The molecule has 100 valence electrons. The molecule has 1 unspecified atom stereocenters. The van der Waals surface area contributed by atoms with E-state index in [-0.39, 0.29) is 6.04 Å². The minimum Gasteiger partial charge on any atom is -0.324 e. The van der Waals surface area contributed by atoms with Gasteiger partial charge in [-0.15, -0.1) is 0 Å². The van der Waals surface area contributed by atoms with Gasteiger partial charge >= 0.3 is 0 Å². The molecule has 19 heavy (non-hydrogen) atoms. The van der Waals surface area contributed by atoms with Crippen LogP contribution in [0.25, 0.3) is 0 Å². The van der Waals surface area contributed by atoms with Crippen LogP contribution >= 0.6 is 34.8 Å². The molecule has 0 aliphatic rings. The second-order valence-electron chi connectivity index (χ2n) is 4.50. The zero-order valence-electron chi connectivity index (χ0n) is 10.5. The number of aryl methyl sites for hydroxylation is 1. The molecule has 0 aliphatic heterocycles. The summed E-state index contributed by atoms with van der Waals surface area (Å²) < 4.78 is 0. The van der Waals surface area contributed by atoms with Crippen LogP contribution in [0.5, 0.6) is 0 Å². The van der Waals surface area contributed by atoms with Crippen LogP contribution in [0.3, 0.4) is 0 Å². The summed E-state index contributed by atoms with van der Waals surface area (Å²) in [6.45, 7) is 1.96. The van der Waals surface area contributed by atoms with E-state index in [0.717, 1.165) is 16.7 Å². The fourth-order valence-corrected chi connectivity index (χ4v) is 2.67. The average Bonchev–Trinajstić information content (AvgIpc) is 2.38. The van der Waals surface area contributed by atoms with Gasteiger partial charge in [-0.25, -0.2) is 0 Å². The molecule has 0 saturated heterocycles. The van der Waals surface area contributed by atoms with Crippen LogP contribution in [0.15, 0.2) is 36.4 Å². The first kappa shape index (κ1) is 14.7. The number of hydrogen-bond donors (Lipinski definition) is 1. The van der Waals surface area contributed by atoms with Crippen LogP contribution in [-0.4, -0.2) is 0 Å². The second kappa shape index (κ2) is 6.15. The highest BCUT2D eigenvalue weighted by molar-refractivity contribution is 6.42. The molecule has 4 heteroatoms. The number of benzene rings is 2. The predicted octanol–water partition coefficient (Wildman–Crippen LogP) is 5.20. The number of nitrogens with two attached hydrogens (primary N) is 1. The molecule has 1 atom stereocenters. The maximum absolute atomic E-state index is 6.29. The van der Waals surface area contributed by atoms with Crippen LogP contribution in [0.2, 0.25) is 15.1 Å².